The van der Waals surface area contributed by atoms with Crippen LogP contribution in [0.25, 0.3) is 11.1 Å². The summed E-state index contributed by atoms with van der Waals surface area (Å²) < 4.78 is 37.6. The Labute approximate surface area is 120 Å². The molecule has 0 unspecified atom stereocenters. The third-order valence-electron chi connectivity index (χ3n) is 2.79. The van der Waals surface area contributed by atoms with E-state index in [0.717, 1.165) is 12.1 Å². The third kappa shape index (κ3) is 3.25. The van der Waals surface area contributed by atoms with Crippen molar-refractivity contribution in [2.75, 3.05) is 7.11 Å². The Morgan fingerprint density at radius 2 is 1.57 bits per heavy atom. The Balaban J connectivity index is 2.37. The van der Waals surface area contributed by atoms with Gasteiger partial charge in [0.05, 0.1) is 7.11 Å². The van der Waals surface area contributed by atoms with Gasteiger partial charge in [-0.15, -0.1) is 0 Å². The Bertz CT molecular complexity index is 696. The van der Waals surface area contributed by atoms with Crippen molar-refractivity contribution >= 4 is 5.97 Å². The lowest BCUT2D eigenvalue weighted by atomic mass is 10.0. The summed E-state index contributed by atoms with van der Waals surface area (Å²) in [4.78, 5) is 11.0. The van der Waals surface area contributed by atoms with Crippen molar-refractivity contribution in [2.24, 2.45) is 0 Å². The first kappa shape index (κ1) is 14.7. The number of esters is 1. The molecule has 0 saturated carbocycles. The summed E-state index contributed by atoms with van der Waals surface area (Å²) in [6, 6.07) is 7.85. The fraction of sp³-hybridized carbons (Fsp3) is 0.0625. The fourth-order valence-electron chi connectivity index (χ4n) is 1.78. The van der Waals surface area contributed by atoms with Gasteiger partial charge in [-0.3, -0.25) is 0 Å². The average Bonchev–Trinajstić information content (AvgIpc) is 2.48. The second-order valence-corrected chi connectivity index (χ2v) is 4.11. The first-order chi connectivity index (χ1) is 10.0. The van der Waals surface area contributed by atoms with Crippen LogP contribution in [0.2, 0.25) is 0 Å². The SMILES string of the molecule is C=CC(=O)Oc1ccc(-c2ccc(OC)cc2F)c(F)c1. The molecule has 108 valence electrons. The van der Waals surface area contributed by atoms with Crippen molar-refractivity contribution < 1.29 is 23.0 Å². The molecule has 3 nitrogen and oxygen atoms in total. The molecule has 0 heterocycles. The molecule has 0 aromatic heterocycles. The number of methoxy groups -OCH3 is 1. The van der Waals surface area contributed by atoms with Crippen LogP contribution in [0.3, 0.4) is 0 Å². The van der Waals surface area contributed by atoms with E-state index in [-0.39, 0.29) is 16.9 Å². The molecule has 0 fully saturated rings. The van der Waals surface area contributed by atoms with Gasteiger partial charge in [0.2, 0.25) is 0 Å². The van der Waals surface area contributed by atoms with Gasteiger partial charge < -0.3 is 9.47 Å². The number of ether oxygens (including phenoxy) is 2. The Kier molecular flexibility index (Phi) is 4.33. The normalized spacial score (nSPS) is 10.0. The van der Waals surface area contributed by atoms with Gasteiger partial charge in [0.15, 0.2) is 0 Å². The van der Waals surface area contributed by atoms with Crippen LogP contribution in [-0.2, 0) is 4.79 Å². The van der Waals surface area contributed by atoms with Crippen molar-refractivity contribution in [1.82, 2.24) is 0 Å². The van der Waals surface area contributed by atoms with Gasteiger partial charge in [-0.2, -0.15) is 0 Å². The molecule has 0 amide bonds. The molecular formula is C16H12F2O3. The molecule has 0 aliphatic carbocycles. The van der Waals surface area contributed by atoms with Crippen LogP contribution in [0.5, 0.6) is 11.5 Å². The van der Waals surface area contributed by atoms with Gasteiger partial charge in [-0.05, 0) is 24.3 Å². The molecule has 2 rings (SSSR count). The zero-order valence-corrected chi connectivity index (χ0v) is 11.2. The highest BCUT2D eigenvalue weighted by Gasteiger charge is 2.13. The Morgan fingerprint density at radius 1 is 1.05 bits per heavy atom. The quantitative estimate of drug-likeness (QED) is 0.489. The second-order valence-electron chi connectivity index (χ2n) is 4.11. The average molecular weight is 290 g/mol. The lowest BCUT2D eigenvalue weighted by Crippen LogP contribution is -2.03. The maximum atomic E-state index is 14.0. The van der Waals surface area contributed by atoms with Gasteiger partial charge in [0, 0.05) is 29.3 Å². The van der Waals surface area contributed by atoms with E-state index in [1.807, 2.05) is 0 Å². The number of carbonyl (C=O) groups excluding carboxylic acids is 1. The van der Waals surface area contributed by atoms with Crippen LogP contribution in [0.1, 0.15) is 0 Å². The summed E-state index contributed by atoms with van der Waals surface area (Å²) in [6.45, 7) is 3.24. The largest absolute Gasteiger partial charge is 0.497 e. The minimum absolute atomic E-state index is 0.0232. The zero-order valence-electron chi connectivity index (χ0n) is 11.2. The highest BCUT2D eigenvalue weighted by molar-refractivity contribution is 5.83. The van der Waals surface area contributed by atoms with E-state index in [1.54, 1.807) is 0 Å². The number of benzene rings is 2. The van der Waals surface area contributed by atoms with Gasteiger partial charge >= 0.3 is 5.97 Å². The number of halogens is 2. The van der Waals surface area contributed by atoms with Crippen LogP contribution < -0.4 is 9.47 Å². The maximum absolute atomic E-state index is 14.0. The Hall–Kier alpha value is -2.69. The van der Waals surface area contributed by atoms with Crippen molar-refractivity contribution in [1.29, 1.82) is 0 Å². The van der Waals surface area contributed by atoms with Gasteiger partial charge in [0.25, 0.3) is 0 Å². The molecule has 0 atom stereocenters. The minimum Gasteiger partial charge on any atom is -0.497 e. The van der Waals surface area contributed by atoms with Crippen LogP contribution in [0.4, 0.5) is 8.78 Å². The minimum atomic E-state index is -0.701. The Morgan fingerprint density at radius 3 is 2.05 bits per heavy atom. The number of rotatable bonds is 4. The van der Waals surface area contributed by atoms with E-state index < -0.39 is 17.6 Å². The molecule has 2 aromatic carbocycles. The van der Waals surface area contributed by atoms with Crippen LogP contribution in [0, 0.1) is 11.6 Å². The predicted octanol–water partition coefficient (Wildman–Crippen LogP) is 3.73. The lowest BCUT2D eigenvalue weighted by Gasteiger charge is -2.08. The van der Waals surface area contributed by atoms with Crippen LogP contribution in [-0.4, -0.2) is 13.1 Å². The molecule has 0 aliphatic rings. The monoisotopic (exact) mass is 290 g/mol. The van der Waals surface area contributed by atoms with E-state index in [0.29, 0.717) is 5.75 Å². The molecule has 0 N–H and O–H groups in total. The summed E-state index contributed by atoms with van der Waals surface area (Å²) >= 11 is 0. The first-order valence-corrected chi connectivity index (χ1v) is 6.03. The van der Waals surface area contributed by atoms with Gasteiger partial charge in [-0.1, -0.05) is 6.58 Å². The van der Waals surface area contributed by atoms with E-state index in [2.05, 4.69) is 6.58 Å². The van der Waals surface area contributed by atoms with Crippen LogP contribution in [0.15, 0.2) is 49.1 Å². The van der Waals surface area contributed by atoms with Crippen molar-refractivity contribution in [2.45, 2.75) is 0 Å². The third-order valence-corrected chi connectivity index (χ3v) is 2.79. The summed E-state index contributed by atoms with van der Waals surface area (Å²) in [5, 5.41) is 0. The summed E-state index contributed by atoms with van der Waals surface area (Å²) in [6.07, 6.45) is 0.967. The fourth-order valence-corrected chi connectivity index (χ4v) is 1.78. The second kappa shape index (κ2) is 6.17. The molecule has 0 aliphatic heterocycles. The molecule has 5 heteroatoms. The molecule has 0 saturated heterocycles. The van der Waals surface area contributed by atoms with Crippen LogP contribution >= 0.6 is 0 Å². The highest BCUT2D eigenvalue weighted by atomic mass is 19.1. The molecule has 0 bridgehead atoms. The van der Waals surface area contributed by atoms with Crippen molar-refractivity contribution in [3.8, 4) is 22.6 Å². The van der Waals surface area contributed by atoms with E-state index in [4.69, 9.17) is 9.47 Å². The molecule has 0 radical (unpaired) electrons. The van der Waals surface area contributed by atoms with E-state index in [1.165, 1.54) is 37.4 Å². The van der Waals surface area contributed by atoms with E-state index in [9.17, 15) is 13.6 Å². The maximum Gasteiger partial charge on any atom is 0.335 e. The molecular weight excluding hydrogens is 278 g/mol. The zero-order chi connectivity index (χ0) is 15.4. The molecule has 2 aromatic rings. The smallest absolute Gasteiger partial charge is 0.335 e. The summed E-state index contributed by atoms with van der Waals surface area (Å²) in [5.41, 5.74) is 0.156. The molecule has 21 heavy (non-hydrogen) atoms. The first-order valence-electron chi connectivity index (χ1n) is 6.03. The van der Waals surface area contributed by atoms with Gasteiger partial charge in [0.1, 0.15) is 23.1 Å². The van der Waals surface area contributed by atoms with Crippen molar-refractivity contribution in [3.63, 3.8) is 0 Å². The number of carbonyl (C=O) groups is 1. The number of hydrogen-bond donors (Lipinski definition) is 0. The van der Waals surface area contributed by atoms with E-state index >= 15 is 0 Å². The summed E-state index contributed by atoms with van der Waals surface area (Å²) in [7, 11) is 1.41. The topological polar surface area (TPSA) is 35.5 Å². The van der Waals surface area contributed by atoms with Gasteiger partial charge in [-0.25, -0.2) is 13.6 Å². The van der Waals surface area contributed by atoms with Crippen molar-refractivity contribution in [3.05, 3.63) is 60.7 Å². The highest BCUT2D eigenvalue weighted by Crippen LogP contribution is 2.30. The summed E-state index contributed by atoms with van der Waals surface area (Å²) in [5.74, 6) is -1.64. The molecule has 0 spiro atoms. The number of hydrogen-bond acceptors (Lipinski definition) is 3. The predicted molar refractivity (Wildman–Crippen MR) is 74.2 cm³/mol. The standard InChI is InChI=1S/C16H12F2O3/c1-3-16(19)21-11-5-7-13(15(18)9-11)12-6-4-10(20-2)8-14(12)17/h3-9H,1H2,2H3. The lowest BCUT2D eigenvalue weighted by molar-refractivity contribution is -0.128.